The third-order valence-electron chi connectivity index (χ3n) is 2.22. The number of ether oxygens (including phenoxy) is 1. The van der Waals surface area contributed by atoms with Crippen LogP contribution in [0.2, 0.25) is 0 Å². The second-order valence-corrected chi connectivity index (χ2v) is 3.21. The lowest BCUT2D eigenvalue weighted by Crippen LogP contribution is -2.19. The second-order valence-electron chi connectivity index (χ2n) is 3.21. The summed E-state index contributed by atoms with van der Waals surface area (Å²) in [6.45, 7) is 2.47. The van der Waals surface area contributed by atoms with Gasteiger partial charge in [0.25, 0.3) is 0 Å². The largest absolute Gasteiger partial charge is 0.481 e. The van der Waals surface area contributed by atoms with E-state index >= 15 is 0 Å². The van der Waals surface area contributed by atoms with E-state index in [-0.39, 0.29) is 12.5 Å². The number of hydrogen-bond donors (Lipinski definition) is 1. The molecule has 0 aromatic heterocycles. The number of aliphatic carboxylic acids is 1. The highest BCUT2D eigenvalue weighted by atomic mass is 16.5. The van der Waals surface area contributed by atoms with Gasteiger partial charge in [-0.15, -0.1) is 0 Å². The van der Waals surface area contributed by atoms with Crippen molar-refractivity contribution >= 4 is 5.97 Å². The standard InChI is InChI=1S/C10H16O3/c1-2-13-9(7-10(11)12)8-5-3-4-6-8/h5,9H,2-4,6-7H2,1H3,(H,11,12)/t9-/m0/s1. The van der Waals surface area contributed by atoms with Gasteiger partial charge in [-0.25, -0.2) is 0 Å². The number of hydrogen-bond acceptors (Lipinski definition) is 2. The Labute approximate surface area is 78.4 Å². The molecular formula is C10H16O3. The minimum atomic E-state index is -0.786. The number of rotatable bonds is 5. The Morgan fingerprint density at radius 1 is 1.77 bits per heavy atom. The van der Waals surface area contributed by atoms with Crippen molar-refractivity contribution in [1.82, 2.24) is 0 Å². The molecule has 1 atom stereocenters. The molecule has 1 N–H and O–H groups in total. The molecule has 0 aliphatic heterocycles. The van der Waals surface area contributed by atoms with Crippen molar-refractivity contribution in [1.29, 1.82) is 0 Å². The smallest absolute Gasteiger partial charge is 0.306 e. The first kappa shape index (κ1) is 10.3. The quantitative estimate of drug-likeness (QED) is 0.664. The zero-order valence-corrected chi connectivity index (χ0v) is 7.95. The first-order valence-electron chi connectivity index (χ1n) is 4.76. The highest BCUT2D eigenvalue weighted by Crippen LogP contribution is 2.24. The fraction of sp³-hybridized carbons (Fsp3) is 0.700. The summed E-state index contributed by atoms with van der Waals surface area (Å²) in [4.78, 5) is 10.5. The summed E-state index contributed by atoms with van der Waals surface area (Å²) in [7, 11) is 0. The highest BCUT2D eigenvalue weighted by Gasteiger charge is 2.19. The minimum Gasteiger partial charge on any atom is -0.481 e. The lowest BCUT2D eigenvalue weighted by atomic mass is 10.1. The van der Waals surface area contributed by atoms with Crippen LogP contribution in [0.15, 0.2) is 11.6 Å². The van der Waals surface area contributed by atoms with Crippen LogP contribution in [0, 0.1) is 0 Å². The summed E-state index contributed by atoms with van der Waals surface area (Å²) in [5.74, 6) is -0.786. The summed E-state index contributed by atoms with van der Waals surface area (Å²) in [6.07, 6.45) is 5.22. The molecule has 1 aliphatic rings. The third-order valence-corrected chi connectivity index (χ3v) is 2.22. The van der Waals surface area contributed by atoms with E-state index in [9.17, 15) is 4.79 Å². The van der Waals surface area contributed by atoms with E-state index in [1.807, 2.05) is 6.92 Å². The number of carbonyl (C=O) groups is 1. The van der Waals surface area contributed by atoms with Crippen LogP contribution in [0.3, 0.4) is 0 Å². The van der Waals surface area contributed by atoms with Crippen molar-refractivity contribution < 1.29 is 14.6 Å². The van der Waals surface area contributed by atoms with Crippen LogP contribution in [-0.2, 0) is 9.53 Å². The Morgan fingerprint density at radius 3 is 3.00 bits per heavy atom. The topological polar surface area (TPSA) is 46.5 Å². The van der Waals surface area contributed by atoms with Gasteiger partial charge in [-0.05, 0) is 31.8 Å². The Morgan fingerprint density at radius 2 is 2.54 bits per heavy atom. The lowest BCUT2D eigenvalue weighted by Gasteiger charge is -2.15. The average Bonchev–Trinajstić information content (AvgIpc) is 2.54. The number of allylic oxidation sites excluding steroid dienone is 1. The molecule has 0 unspecified atom stereocenters. The summed E-state index contributed by atoms with van der Waals surface area (Å²) in [5.41, 5.74) is 1.17. The van der Waals surface area contributed by atoms with Gasteiger partial charge < -0.3 is 9.84 Å². The molecule has 0 saturated heterocycles. The Bertz CT molecular complexity index is 208. The molecule has 1 rings (SSSR count). The first-order chi connectivity index (χ1) is 6.24. The Hall–Kier alpha value is -0.830. The monoisotopic (exact) mass is 184 g/mol. The zero-order chi connectivity index (χ0) is 9.68. The van der Waals surface area contributed by atoms with Gasteiger partial charge in [0.1, 0.15) is 0 Å². The summed E-state index contributed by atoms with van der Waals surface area (Å²) in [6, 6.07) is 0. The maximum atomic E-state index is 10.5. The van der Waals surface area contributed by atoms with Crippen molar-refractivity contribution in [3.05, 3.63) is 11.6 Å². The van der Waals surface area contributed by atoms with Gasteiger partial charge in [-0.2, -0.15) is 0 Å². The summed E-state index contributed by atoms with van der Waals surface area (Å²) >= 11 is 0. The van der Waals surface area contributed by atoms with Gasteiger partial charge in [-0.1, -0.05) is 6.08 Å². The third kappa shape index (κ3) is 3.19. The van der Waals surface area contributed by atoms with Gasteiger partial charge in [0.15, 0.2) is 0 Å². The molecule has 0 bridgehead atoms. The van der Waals surface area contributed by atoms with E-state index in [0.717, 1.165) is 19.3 Å². The van der Waals surface area contributed by atoms with E-state index in [2.05, 4.69) is 6.08 Å². The van der Waals surface area contributed by atoms with Crippen LogP contribution in [0.5, 0.6) is 0 Å². The van der Waals surface area contributed by atoms with Crippen molar-refractivity contribution in [2.45, 2.75) is 38.7 Å². The zero-order valence-electron chi connectivity index (χ0n) is 7.95. The second kappa shape index (κ2) is 5.02. The van der Waals surface area contributed by atoms with Gasteiger partial charge in [0.05, 0.1) is 12.5 Å². The molecule has 3 nitrogen and oxygen atoms in total. The van der Waals surface area contributed by atoms with Gasteiger partial charge in [0, 0.05) is 6.61 Å². The SMILES string of the molecule is CCO[C@@H](CC(=O)O)C1=CCCC1. The number of carboxylic acid groups (broad SMARTS) is 1. The minimum absolute atomic E-state index is 0.0969. The van der Waals surface area contributed by atoms with E-state index in [4.69, 9.17) is 9.84 Å². The molecule has 13 heavy (non-hydrogen) atoms. The van der Waals surface area contributed by atoms with E-state index in [1.165, 1.54) is 5.57 Å². The van der Waals surface area contributed by atoms with Gasteiger partial charge >= 0.3 is 5.97 Å². The van der Waals surface area contributed by atoms with Crippen LogP contribution < -0.4 is 0 Å². The maximum Gasteiger partial charge on any atom is 0.306 e. The van der Waals surface area contributed by atoms with Crippen molar-refractivity contribution in [3.8, 4) is 0 Å². The van der Waals surface area contributed by atoms with Crippen molar-refractivity contribution in [2.75, 3.05) is 6.61 Å². The normalized spacial score (nSPS) is 18.4. The molecule has 0 spiro atoms. The molecule has 1 aliphatic carbocycles. The van der Waals surface area contributed by atoms with E-state index in [1.54, 1.807) is 0 Å². The molecule has 0 radical (unpaired) electrons. The van der Waals surface area contributed by atoms with Crippen LogP contribution in [-0.4, -0.2) is 23.8 Å². The number of carboxylic acids is 1. The predicted molar refractivity (Wildman–Crippen MR) is 49.6 cm³/mol. The molecule has 0 saturated carbocycles. The highest BCUT2D eigenvalue weighted by molar-refractivity contribution is 5.68. The van der Waals surface area contributed by atoms with E-state index in [0.29, 0.717) is 6.61 Å². The van der Waals surface area contributed by atoms with Crippen LogP contribution >= 0.6 is 0 Å². The Kier molecular flexibility index (Phi) is 3.96. The van der Waals surface area contributed by atoms with Crippen molar-refractivity contribution in [3.63, 3.8) is 0 Å². The average molecular weight is 184 g/mol. The van der Waals surface area contributed by atoms with Crippen LogP contribution in [0.25, 0.3) is 0 Å². The fourth-order valence-electron chi connectivity index (χ4n) is 1.64. The van der Waals surface area contributed by atoms with Crippen LogP contribution in [0.4, 0.5) is 0 Å². The first-order valence-corrected chi connectivity index (χ1v) is 4.76. The predicted octanol–water partition coefficient (Wildman–Crippen LogP) is 1.98. The molecule has 0 aromatic carbocycles. The summed E-state index contributed by atoms with van der Waals surface area (Å²) < 4.78 is 5.39. The molecule has 3 heteroatoms. The lowest BCUT2D eigenvalue weighted by molar-refractivity contribution is -0.139. The van der Waals surface area contributed by atoms with Crippen LogP contribution in [0.1, 0.15) is 32.6 Å². The van der Waals surface area contributed by atoms with Gasteiger partial charge in [0.2, 0.25) is 0 Å². The molecule has 0 amide bonds. The van der Waals surface area contributed by atoms with Crippen molar-refractivity contribution in [2.24, 2.45) is 0 Å². The molecule has 0 fully saturated rings. The van der Waals surface area contributed by atoms with Gasteiger partial charge in [-0.3, -0.25) is 4.79 Å². The summed E-state index contributed by atoms with van der Waals surface area (Å²) in [5, 5.41) is 8.66. The Balaban J connectivity index is 2.50. The van der Waals surface area contributed by atoms with E-state index < -0.39 is 5.97 Å². The molecule has 0 aromatic rings. The molecule has 74 valence electrons. The fourth-order valence-corrected chi connectivity index (χ4v) is 1.64. The molecule has 0 heterocycles. The maximum absolute atomic E-state index is 10.5. The molecular weight excluding hydrogens is 168 g/mol.